The molecule has 0 aliphatic heterocycles. The van der Waals surface area contributed by atoms with E-state index in [0.29, 0.717) is 38.6 Å². The third-order valence-corrected chi connectivity index (χ3v) is 6.10. The van der Waals surface area contributed by atoms with Crippen LogP contribution in [0, 0.1) is 6.92 Å². The van der Waals surface area contributed by atoms with Gasteiger partial charge in [0.1, 0.15) is 5.00 Å². The SMILES string of the molecule is COc1ccc(-c2c(NC(=O)c3ccc(C)cc3)sc3ccccc3c2=O)cc1OC. The van der Waals surface area contributed by atoms with Crippen LogP contribution in [0.1, 0.15) is 15.9 Å². The summed E-state index contributed by atoms with van der Waals surface area (Å²) in [5.74, 6) is 0.800. The summed E-state index contributed by atoms with van der Waals surface area (Å²) in [7, 11) is 3.10. The lowest BCUT2D eigenvalue weighted by Crippen LogP contribution is -2.15. The maximum atomic E-state index is 13.4. The van der Waals surface area contributed by atoms with E-state index in [0.717, 1.165) is 10.3 Å². The van der Waals surface area contributed by atoms with Crippen molar-refractivity contribution in [2.24, 2.45) is 0 Å². The summed E-state index contributed by atoms with van der Waals surface area (Å²) in [6.45, 7) is 1.96. The minimum absolute atomic E-state index is 0.152. The van der Waals surface area contributed by atoms with Gasteiger partial charge in [-0.3, -0.25) is 9.59 Å². The highest BCUT2D eigenvalue weighted by molar-refractivity contribution is 7.22. The second-order valence-corrected chi connectivity index (χ2v) is 8.07. The summed E-state index contributed by atoms with van der Waals surface area (Å²) >= 11 is 1.37. The predicted octanol–water partition coefficient (Wildman–Crippen LogP) is 5.51. The fourth-order valence-corrected chi connectivity index (χ4v) is 4.46. The lowest BCUT2D eigenvalue weighted by molar-refractivity contribution is 0.102. The van der Waals surface area contributed by atoms with Crippen LogP contribution in [0.4, 0.5) is 5.00 Å². The molecule has 1 heterocycles. The second-order valence-electron chi connectivity index (χ2n) is 7.02. The Morgan fingerprint density at radius 3 is 2.32 bits per heavy atom. The quantitative estimate of drug-likeness (QED) is 0.453. The van der Waals surface area contributed by atoms with Gasteiger partial charge in [-0.15, -0.1) is 11.3 Å². The molecule has 0 radical (unpaired) electrons. The molecule has 0 saturated carbocycles. The Kier molecular flexibility index (Phi) is 5.73. The number of hydrogen-bond acceptors (Lipinski definition) is 5. The van der Waals surface area contributed by atoms with E-state index in [1.165, 1.54) is 11.3 Å². The molecule has 6 heteroatoms. The number of rotatable bonds is 5. The number of carbonyl (C=O) groups is 1. The fraction of sp³-hybridized carbons (Fsp3) is 0.120. The number of hydrogen-bond donors (Lipinski definition) is 1. The number of fused-ring (bicyclic) bond motifs is 1. The molecule has 0 saturated heterocycles. The molecule has 0 bridgehead atoms. The van der Waals surface area contributed by atoms with E-state index in [1.807, 2.05) is 37.3 Å². The highest BCUT2D eigenvalue weighted by Crippen LogP contribution is 2.37. The van der Waals surface area contributed by atoms with Gasteiger partial charge in [0.05, 0.1) is 19.8 Å². The Labute approximate surface area is 183 Å². The molecule has 3 aromatic carbocycles. The van der Waals surface area contributed by atoms with E-state index in [9.17, 15) is 9.59 Å². The van der Waals surface area contributed by atoms with E-state index in [1.54, 1.807) is 50.6 Å². The van der Waals surface area contributed by atoms with E-state index < -0.39 is 0 Å². The van der Waals surface area contributed by atoms with Crippen molar-refractivity contribution in [3.8, 4) is 22.6 Å². The normalized spacial score (nSPS) is 10.7. The predicted molar refractivity (Wildman–Crippen MR) is 126 cm³/mol. The summed E-state index contributed by atoms with van der Waals surface area (Å²) < 4.78 is 11.5. The van der Waals surface area contributed by atoms with Crippen molar-refractivity contribution in [3.05, 3.63) is 88.1 Å². The molecule has 0 unspecified atom stereocenters. The molecule has 0 aliphatic carbocycles. The zero-order valence-electron chi connectivity index (χ0n) is 17.4. The van der Waals surface area contributed by atoms with Crippen LogP contribution in [-0.2, 0) is 0 Å². The Hall–Kier alpha value is -3.64. The van der Waals surface area contributed by atoms with Gasteiger partial charge in [-0.2, -0.15) is 0 Å². The first-order chi connectivity index (χ1) is 15.0. The van der Waals surface area contributed by atoms with Gasteiger partial charge in [0.15, 0.2) is 16.9 Å². The average Bonchev–Trinajstić information content (AvgIpc) is 2.79. The van der Waals surface area contributed by atoms with E-state index >= 15 is 0 Å². The Morgan fingerprint density at radius 1 is 0.903 bits per heavy atom. The molecule has 4 rings (SSSR count). The molecule has 0 fully saturated rings. The molecule has 156 valence electrons. The van der Waals surface area contributed by atoms with Crippen molar-refractivity contribution in [2.75, 3.05) is 19.5 Å². The molecular weight excluding hydrogens is 410 g/mol. The average molecular weight is 432 g/mol. The molecular formula is C25H21NO4S. The Balaban J connectivity index is 1.89. The van der Waals surface area contributed by atoms with Crippen LogP contribution in [-0.4, -0.2) is 20.1 Å². The van der Waals surface area contributed by atoms with E-state index in [2.05, 4.69) is 5.32 Å². The summed E-state index contributed by atoms with van der Waals surface area (Å²) in [6.07, 6.45) is 0. The molecule has 5 nitrogen and oxygen atoms in total. The Morgan fingerprint density at radius 2 is 1.61 bits per heavy atom. The molecule has 1 N–H and O–H groups in total. The number of methoxy groups -OCH3 is 2. The molecule has 0 atom stereocenters. The number of aryl methyl sites for hydroxylation is 1. The fourth-order valence-electron chi connectivity index (χ4n) is 3.36. The smallest absolute Gasteiger partial charge is 0.256 e. The molecule has 0 aliphatic rings. The summed E-state index contributed by atoms with van der Waals surface area (Å²) in [5.41, 5.74) is 2.50. The largest absolute Gasteiger partial charge is 0.493 e. The maximum absolute atomic E-state index is 13.4. The van der Waals surface area contributed by atoms with Crippen molar-refractivity contribution in [1.82, 2.24) is 0 Å². The van der Waals surface area contributed by atoms with Crippen LogP contribution in [0.2, 0.25) is 0 Å². The standard InChI is InChI=1S/C25H21NO4S/c1-15-8-10-16(11-9-15)24(28)26-25-22(17-12-13-19(29-2)20(14-17)30-3)23(27)18-6-4-5-7-21(18)31-25/h4-14H,1-3H3,(H,26,28). The second kappa shape index (κ2) is 8.62. The van der Waals surface area contributed by atoms with Crippen LogP contribution in [0.5, 0.6) is 11.5 Å². The van der Waals surface area contributed by atoms with Gasteiger partial charge in [-0.25, -0.2) is 0 Å². The first kappa shape index (κ1) is 20.6. The molecule has 4 aromatic rings. The van der Waals surface area contributed by atoms with Crippen molar-refractivity contribution in [2.45, 2.75) is 6.92 Å². The van der Waals surface area contributed by atoms with Crippen molar-refractivity contribution < 1.29 is 14.3 Å². The van der Waals surface area contributed by atoms with Gasteiger partial charge >= 0.3 is 0 Å². The minimum Gasteiger partial charge on any atom is -0.493 e. The number of ether oxygens (including phenoxy) is 2. The molecule has 1 aromatic heterocycles. The number of anilines is 1. The van der Waals surface area contributed by atoms with Crippen LogP contribution in [0.25, 0.3) is 21.2 Å². The van der Waals surface area contributed by atoms with Gasteiger partial charge in [0, 0.05) is 15.6 Å². The number of benzene rings is 3. The first-order valence-electron chi connectivity index (χ1n) is 9.68. The first-order valence-corrected chi connectivity index (χ1v) is 10.5. The highest BCUT2D eigenvalue weighted by Gasteiger charge is 2.19. The third kappa shape index (κ3) is 4.02. The zero-order chi connectivity index (χ0) is 22.0. The lowest BCUT2D eigenvalue weighted by atomic mass is 10.0. The minimum atomic E-state index is -0.271. The molecule has 0 spiro atoms. The van der Waals surface area contributed by atoms with Gasteiger partial charge in [-0.1, -0.05) is 35.9 Å². The highest BCUT2D eigenvalue weighted by atomic mass is 32.1. The van der Waals surface area contributed by atoms with Crippen LogP contribution in [0.3, 0.4) is 0 Å². The zero-order valence-corrected chi connectivity index (χ0v) is 18.2. The summed E-state index contributed by atoms with van der Waals surface area (Å²) in [6, 6.07) is 20.0. The summed E-state index contributed by atoms with van der Waals surface area (Å²) in [5, 5.41) is 4.04. The number of carbonyl (C=O) groups excluding carboxylic acids is 1. The van der Waals surface area contributed by atoms with E-state index in [-0.39, 0.29) is 11.3 Å². The maximum Gasteiger partial charge on any atom is 0.256 e. The van der Waals surface area contributed by atoms with Gasteiger partial charge < -0.3 is 14.8 Å². The van der Waals surface area contributed by atoms with E-state index in [4.69, 9.17) is 9.47 Å². The lowest BCUT2D eigenvalue weighted by Gasteiger charge is -2.14. The third-order valence-electron chi connectivity index (χ3n) is 5.01. The number of nitrogens with one attached hydrogen (secondary N) is 1. The van der Waals surface area contributed by atoms with Gasteiger partial charge in [0.2, 0.25) is 0 Å². The van der Waals surface area contributed by atoms with Crippen molar-refractivity contribution >= 4 is 32.3 Å². The summed E-state index contributed by atoms with van der Waals surface area (Å²) in [4.78, 5) is 26.4. The molecule has 1 amide bonds. The van der Waals surface area contributed by atoms with Gasteiger partial charge in [-0.05, 0) is 48.9 Å². The van der Waals surface area contributed by atoms with Gasteiger partial charge in [0.25, 0.3) is 5.91 Å². The van der Waals surface area contributed by atoms with Crippen LogP contribution >= 0.6 is 11.3 Å². The number of amides is 1. The topological polar surface area (TPSA) is 64.6 Å². The molecule has 31 heavy (non-hydrogen) atoms. The van der Waals surface area contributed by atoms with Crippen molar-refractivity contribution in [3.63, 3.8) is 0 Å². The van der Waals surface area contributed by atoms with Crippen LogP contribution < -0.4 is 20.2 Å². The monoisotopic (exact) mass is 431 g/mol. The van der Waals surface area contributed by atoms with Crippen molar-refractivity contribution in [1.29, 1.82) is 0 Å². The van der Waals surface area contributed by atoms with Crippen LogP contribution in [0.15, 0.2) is 71.5 Å². The Bertz CT molecular complexity index is 1330.